The number of hydrogen-bond acceptors (Lipinski definition) is 5. The molecule has 0 radical (unpaired) electrons. The topological polar surface area (TPSA) is 72.8 Å². The van der Waals surface area contributed by atoms with Crippen LogP contribution in [0.4, 0.5) is 0 Å². The molecule has 22 heavy (non-hydrogen) atoms. The van der Waals surface area contributed by atoms with E-state index in [0.717, 1.165) is 12.6 Å². The fourth-order valence-corrected chi connectivity index (χ4v) is 1.79. The second-order valence-corrected chi connectivity index (χ2v) is 4.66. The summed E-state index contributed by atoms with van der Waals surface area (Å²) >= 11 is 0. The first kappa shape index (κ1) is 15.7. The molecule has 5 nitrogen and oxygen atoms in total. The van der Waals surface area contributed by atoms with Crippen molar-refractivity contribution < 1.29 is 24.2 Å². The van der Waals surface area contributed by atoms with Gasteiger partial charge >= 0.3 is 0 Å². The molecule has 2 rings (SSSR count). The highest BCUT2D eigenvalue weighted by Crippen LogP contribution is 2.14. The molecular formula is C17H16O5. The number of carbonyl (C=O) groups is 2. The van der Waals surface area contributed by atoms with Crippen molar-refractivity contribution >= 4 is 12.6 Å². The molecule has 0 bridgehead atoms. The first-order valence-electron chi connectivity index (χ1n) is 6.75. The summed E-state index contributed by atoms with van der Waals surface area (Å²) in [5.74, 6) is 1.01. The molecule has 0 fully saturated rings. The van der Waals surface area contributed by atoms with Crippen LogP contribution in [0, 0.1) is 0 Å². The minimum Gasteiger partial charge on any atom is -0.491 e. The average Bonchev–Trinajstić information content (AvgIpc) is 2.58. The zero-order valence-corrected chi connectivity index (χ0v) is 11.8. The van der Waals surface area contributed by atoms with E-state index in [0.29, 0.717) is 22.6 Å². The molecule has 114 valence electrons. The predicted octanol–water partition coefficient (Wildman–Crippen LogP) is 2.13. The van der Waals surface area contributed by atoms with Gasteiger partial charge in [-0.1, -0.05) is 24.3 Å². The third kappa shape index (κ3) is 4.71. The maximum Gasteiger partial charge on any atom is 0.150 e. The van der Waals surface area contributed by atoms with Crippen molar-refractivity contribution in [3.8, 4) is 11.5 Å². The Morgan fingerprint density at radius 3 is 1.73 bits per heavy atom. The predicted molar refractivity (Wildman–Crippen MR) is 80.7 cm³/mol. The summed E-state index contributed by atoms with van der Waals surface area (Å²) < 4.78 is 10.8. The molecule has 0 aliphatic rings. The van der Waals surface area contributed by atoms with E-state index in [1.54, 1.807) is 48.5 Å². The highest BCUT2D eigenvalue weighted by molar-refractivity contribution is 5.75. The largest absolute Gasteiger partial charge is 0.491 e. The van der Waals surface area contributed by atoms with E-state index >= 15 is 0 Å². The standard InChI is InChI=1S/C17H16O5/c18-9-13-3-1-5-16(7-13)21-11-15(20)12-22-17-6-2-4-14(8-17)10-19/h1-10,15,20H,11-12H2. The lowest BCUT2D eigenvalue weighted by atomic mass is 10.2. The van der Waals surface area contributed by atoms with Crippen molar-refractivity contribution in [1.82, 2.24) is 0 Å². The average molecular weight is 300 g/mol. The highest BCUT2D eigenvalue weighted by Gasteiger charge is 2.07. The molecule has 0 saturated carbocycles. The van der Waals surface area contributed by atoms with Crippen LogP contribution >= 0.6 is 0 Å². The van der Waals surface area contributed by atoms with Crippen LogP contribution in [-0.2, 0) is 0 Å². The molecule has 1 N–H and O–H groups in total. The number of benzene rings is 2. The van der Waals surface area contributed by atoms with Crippen LogP contribution in [0.15, 0.2) is 48.5 Å². The molecule has 0 spiro atoms. The second-order valence-electron chi connectivity index (χ2n) is 4.66. The molecule has 0 amide bonds. The summed E-state index contributed by atoms with van der Waals surface area (Å²) in [6.07, 6.45) is 0.624. The number of rotatable bonds is 8. The van der Waals surface area contributed by atoms with Gasteiger partial charge in [-0.15, -0.1) is 0 Å². The van der Waals surface area contributed by atoms with Gasteiger partial charge < -0.3 is 14.6 Å². The quantitative estimate of drug-likeness (QED) is 0.756. The Labute approximate surface area is 128 Å². The maximum absolute atomic E-state index is 10.7. The lowest BCUT2D eigenvalue weighted by Gasteiger charge is -2.14. The Kier molecular flexibility index (Phi) is 5.68. The SMILES string of the molecule is O=Cc1cccc(OCC(O)COc2cccc(C=O)c2)c1. The number of aldehydes is 2. The monoisotopic (exact) mass is 300 g/mol. The van der Waals surface area contributed by atoms with E-state index in [9.17, 15) is 14.7 Å². The van der Waals surface area contributed by atoms with Crippen molar-refractivity contribution in [3.63, 3.8) is 0 Å². The summed E-state index contributed by atoms with van der Waals surface area (Å²) in [5, 5.41) is 9.84. The van der Waals surface area contributed by atoms with Crippen LogP contribution in [-0.4, -0.2) is 37.0 Å². The summed E-state index contributed by atoms with van der Waals surface area (Å²) in [5.41, 5.74) is 1.02. The van der Waals surface area contributed by atoms with Gasteiger partial charge in [0.25, 0.3) is 0 Å². The molecule has 0 atom stereocenters. The summed E-state index contributed by atoms with van der Waals surface area (Å²) in [6, 6.07) is 13.3. The first-order chi connectivity index (χ1) is 10.7. The third-order valence-electron chi connectivity index (χ3n) is 2.87. The maximum atomic E-state index is 10.7. The van der Waals surface area contributed by atoms with Gasteiger partial charge in [-0.3, -0.25) is 9.59 Å². The molecule has 0 aliphatic carbocycles. The molecule has 2 aromatic carbocycles. The van der Waals surface area contributed by atoms with E-state index in [1.807, 2.05) is 0 Å². The van der Waals surface area contributed by atoms with Gasteiger partial charge in [0, 0.05) is 11.1 Å². The molecule has 0 heterocycles. The van der Waals surface area contributed by atoms with Gasteiger partial charge in [0.1, 0.15) is 43.4 Å². The van der Waals surface area contributed by atoms with Crippen LogP contribution < -0.4 is 9.47 Å². The molecule has 0 unspecified atom stereocenters. The smallest absolute Gasteiger partial charge is 0.150 e. The van der Waals surface area contributed by atoms with E-state index in [2.05, 4.69) is 0 Å². The summed E-state index contributed by atoms with van der Waals surface area (Å²) in [6.45, 7) is 0.0748. The third-order valence-corrected chi connectivity index (χ3v) is 2.87. The molecule has 0 aliphatic heterocycles. The fourth-order valence-electron chi connectivity index (χ4n) is 1.79. The molecule has 0 aromatic heterocycles. The molecule has 0 saturated heterocycles. The minimum atomic E-state index is -0.834. The van der Waals surface area contributed by atoms with Gasteiger partial charge in [0.15, 0.2) is 0 Å². The Hall–Kier alpha value is -2.66. The van der Waals surface area contributed by atoms with Crippen LogP contribution in [0.5, 0.6) is 11.5 Å². The van der Waals surface area contributed by atoms with Crippen molar-refractivity contribution in [1.29, 1.82) is 0 Å². The minimum absolute atomic E-state index is 0.0374. The van der Waals surface area contributed by atoms with Crippen molar-refractivity contribution in [3.05, 3.63) is 59.7 Å². The number of ether oxygens (including phenoxy) is 2. The van der Waals surface area contributed by atoms with Crippen LogP contribution in [0.3, 0.4) is 0 Å². The summed E-state index contributed by atoms with van der Waals surface area (Å²) in [7, 11) is 0. The number of aliphatic hydroxyl groups excluding tert-OH is 1. The fraction of sp³-hybridized carbons (Fsp3) is 0.176. The van der Waals surface area contributed by atoms with Gasteiger partial charge in [-0.2, -0.15) is 0 Å². The van der Waals surface area contributed by atoms with Crippen LogP contribution in [0.25, 0.3) is 0 Å². The van der Waals surface area contributed by atoms with E-state index in [-0.39, 0.29) is 13.2 Å². The van der Waals surface area contributed by atoms with Crippen molar-refractivity contribution in [2.45, 2.75) is 6.10 Å². The Balaban J connectivity index is 1.81. The van der Waals surface area contributed by atoms with Gasteiger partial charge in [0.05, 0.1) is 0 Å². The van der Waals surface area contributed by atoms with Crippen LogP contribution in [0.1, 0.15) is 20.7 Å². The van der Waals surface area contributed by atoms with Crippen molar-refractivity contribution in [2.24, 2.45) is 0 Å². The summed E-state index contributed by atoms with van der Waals surface area (Å²) in [4.78, 5) is 21.3. The second kappa shape index (κ2) is 7.95. The van der Waals surface area contributed by atoms with E-state index in [1.165, 1.54) is 0 Å². The lowest BCUT2D eigenvalue weighted by Crippen LogP contribution is -2.25. The molecule has 2 aromatic rings. The zero-order valence-electron chi connectivity index (χ0n) is 11.8. The Morgan fingerprint density at radius 1 is 0.864 bits per heavy atom. The van der Waals surface area contributed by atoms with Gasteiger partial charge in [0.2, 0.25) is 0 Å². The zero-order chi connectivity index (χ0) is 15.8. The van der Waals surface area contributed by atoms with Gasteiger partial charge in [-0.05, 0) is 24.3 Å². The first-order valence-corrected chi connectivity index (χ1v) is 6.75. The molecule has 5 heteroatoms. The van der Waals surface area contributed by atoms with E-state index < -0.39 is 6.10 Å². The van der Waals surface area contributed by atoms with Crippen LogP contribution in [0.2, 0.25) is 0 Å². The van der Waals surface area contributed by atoms with Gasteiger partial charge in [-0.25, -0.2) is 0 Å². The van der Waals surface area contributed by atoms with E-state index in [4.69, 9.17) is 9.47 Å². The Bertz CT molecular complexity index is 583. The number of carbonyl (C=O) groups excluding carboxylic acids is 2. The lowest BCUT2D eigenvalue weighted by molar-refractivity contribution is 0.0626. The van der Waals surface area contributed by atoms with Crippen molar-refractivity contribution in [2.75, 3.05) is 13.2 Å². The normalized spacial score (nSPS) is 10.3. The molecular weight excluding hydrogens is 284 g/mol. The number of hydrogen-bond donors (Lipinski definition) is 1. The number of aliphatic hydroxyl groups is 1. The highest BCUT2D eigenvalue weighted by atomic mass is 16.5. The Morgan fingerprint density at radius 2 is 1.32 bits per heavy atom.